The van der Waals surface area contributed by atoms with Crippen LogP contribution in [-0.4, -0.2) is 75.7 Å². The number of hydrogen-bond acceptors (Lipinski definition) is 6. The third-order valence-electron chi connectivity index (χ3n) is 4.38. The largest absolute Gasteiger partial charge is 0.481 e. The Balaban J connectivity index is 3.02. The summed E-state index contributed by atoms with van der Waals surface area (Å²) in [5.41, 5.74) is 5.59. The van der Waals surface area contributed by atoms with Crippen LogP contribution in [0, 0.1) is 0 Å². The number of nitrogens with two attached hydrogens (primary N) is 1. The number of nitrogens with zero attached hydrogens (tertiary/aromatic N) is 2. The van der Waals surface area contributed by atoms with E-state index in [1.165, 1.54) is 18.7 Å². The predicted molar refractivity (Wildman–Crippen MR) is 95.3 cm³/mol. The van der Waals surface area contributed by atoms with Gasteiger partial charge in [0.15, 0.2) is 0 Å². The molecule has 3 atom stereocenters. The molecule has 0 aromatic heterocycles. The molecule has 0 saturated carbocycles. The minimum atomic E-state index is -1.19. The van der Waals surface area contributed by atoms with Crippen LogP contribution in [0.1, 0.15) is 46.5 Å². The van der Waals surface area contributed by atoms with Gasteiger partial charge >= 0.3 is 5.97 Å². The molecule has 0 unspecified atom stereocenters. The highest BCUT2D eigenvalue weighted by atomic mass is 16.4. The Kier molecular flexibility index (Phi) is 8.35. The first-order valence-electron chi connectivity index (χ1n) is 9.03. The Morgan fingerprint density at radius 2 is 1.85 bits per heavy atom. The molecule has 1 rings (SSSR count). The van der Waals surface area contributed by atoms with Gasteiger partial charge in [0.2, 0.25) is 23.6 Å². The quantitative estimate of drug-likeness (QED) is 0.489. The predicted octanol–water partition coefficient (Wildman–Crippen LogP) is -0.931. The summed E-state index contributed by atoms with van der Waals surface area (Å²) in [5.74, 6) is -3.56. The fourth-order valence-corrected chi connectivity index (χ4v) is 3.03. The molecule has 10 nitrogen and oxygen atoms in total. The first-order valence-corrected chi connectivity index (χ1v) is 9.03. The number of likely N-dealkylation sites (tertiary alicyclic amines) is 1. The lowest BCUT2D eigenvalue weighted by Gasteiger charge is -2.33. The second kappa shape index (κ2) is 10.0. The number of carbonyl (C=O) groups is 5. The highest BCUT2D eigenvalue weighted by Gasteiger charge is 2.40. The summed E-state index contributed by atoms with van der Waals surface area (Å²) >= 11 is 0. The van der Waals surface area contributed by atoms with Gasteiger partial charge in [0.1, 0.15) is 12.1 Å². The van der Waals surface area contributed by atoms with Crippen LogP contribution < -0.4 is 11.1 Å². The third kappa shape index (κ3) is 5.75. The Morgan fingerprint density at radius 1 is 1.22 bits per heavy atom. The minimum absolute atomic E-state index is 0.280. The number of rotatable bonds is 8. The van der Waals surface area contributed by atoms with E-state index in [0.29, 0.717) is 25.9 Å². The van der Waals surface area contributed by atoms with Crippen LogP contribution in [0.25, 0.3) is 0 Å². The Hall–Kier alpha value is -2.49. The molecule has 1 heterocycles. The van der Waals surface area contributed by atoms with E-state index >= 15 is 0 Å². The minimum Gasteiger partial charge on any atom is -0.481 e. The Bertz CT molecular complexity index is 606. The number of aliphatic carboxylic acids is 1. The number of carboxylic acid groups (broad SMARTS) is 1. The molecule has 0 spiro atoms. The fraction of sp³-hybridized carbons (Fsp3) is 0.706. The van der Waals surface area contributed by atoms with E-state index in [1.807, 2.05) is 0 Å². The third-order valence-corrected chi connectivity index (χ3v) is 4.38. The molecule has 0 radical (unpaired) electrons. The zero-order chi connectivity index (χ0) is 20.7. The van der Waals surface area contributed by atoms with Gasteiger partial charge in [-0.05, 0) is 33.6 Å². The molecule has 152 valence electrons. The second-order valence-corrected chi connectivity index (χ2v) is 6.54. The van der Waals surface area contributed by atoms with Crippen LogP contribution in [-0.2, 0) is 24.0 Å². The van der Waals surface area contributed by atoms with Crippen molar-refractivity contribution in [2.45, 2.75) is 64.6 Å². The molecule has 0 aliphatic carbocycles. The fourth-order valence-electron chi connectivity index (χ4n) is 3.03. The molecular formula is C17H28N4O6. The highest BCUT2D eigenvalue weighted by molar-refractivity contribution is 6.03. The number of likely N-dealkylation sites (N-methyl/N-ethyl adjacent to an activating group) is 1. The number of hydrogen-bond donors (Lipinski definition) is 3. The normalized spacial score (nSPS) is 18.5. The van der Waals surface area contributed by atoms with Crippen molar-refractivity contribution in [3.8, 4) is 0 Å². The average Bonchev–Trinajstić information content (AvgIpc) is 3.09. The van der Waals surface area contributed by atoms with E-state index in [1.54, 1.807) is 6.92 Å². The van der Waals surface area contributed by atoms with Gasteiger partial charge in [-0.2, -0.15) is 0 Å². The molecule has 10 heteroatoms. The van der Waals surface area contributed by atoms with Gasteiger partial charge in [-0.25, -0.2) is 0 Å². The number of nitrogens with one attached hydrogen (secondary N) is 1. The van der Waals surface area contributed by atoms with Gasteiger partial charge in [-0.15, -0.1) is 0 Å². The maximum Gasteiger partial charge on any atom is 0.303 e. The number of imide groups is 1. The first kappa shape index (κ1) is 22.6. The average molecular weight is 384 g/mol. The van der Waals surface area contributed by atoms with Crippen LogP contribution in [0.5, 0.6) is 0 Å². The van der Waals surface area contributed by atoms with Crippen molar-refractivity contribution in [3.05, 3.63) is 0 Å². The van der Waals surface area contributed by atoms with Crippen molar-refractivity contribution in [1.29, 1.82) is 0 Å². The summed E-state index contributed by atoms with van der Waals surface area (Å²) in [6, 6.07) is -2.87. The van der Waals surface area contributed by atoms with E-state index in [-0.39, 0.29) is 5.91 Å². The van der Waals surface area contributed by atoms with Crippen LogP contribution in [0.3, 0.4) is 0 Å². The van der Waals surface area contributed by atoms with Gasteiger partial charge < -0.3 is 21.1 Å². The molecule has 4 amide bonds. The van der Waals surface area contributed by atoms with Crippen molar-refractivity contribution < 1.29 is 29.1 Å². The van der Waals surface area contributed by atoms with Crippen molar-refractivity contribution in [3.63, 3.8) is 0 Å². The SMILES string of the molecule is CCNC(=O)[C@@H]1CCCN1C(=O)[C@H](C)N(C(=O)CCC(=O)O)C(=O)[C@H](C)N. The monoisotopic (exact) mass is 384 g/mol. The summed E-state index contributed by atoms with van der Waals surface area (Å²) < 4.78 is 0. The van der Waals surface area contributed by atoms with Crippen LogP contribution in [0.15, 0.2) is 0 Å². The maximum atomic E-state index is 12.9. The van der Waals surface area contributed by atoms with E-state index in [2.05, 4.69) is 5.32 Å². The van der Waals surface area contributed by atoms with Gasteiger partial charge in [0, 0.05) is 19.5 Å². The second-order valence-electron chi connectivity index (χ2n) is 6.54. The summed E-state index contributed by atoms with van der Waals surface area (Å²) in [6.07, 6.45) is 0.242. The van der Waals surface area contributed by atoms with E-state index in [0.717, 1.165) is 4.90 Å². The van der Waals surface area contributed by atoms with Gasteiger partial charge in [-0.3, -0.25) is 28.9 Å². The van der Waals surface area contributed by atoms with Crippen molar-refractivity contribution in [1.82, 2.24) is 15.1 Å². The molecular weight excluding hydrogens is 356 g/mol. The van der Waals surface area contributed by atoms with Crippen LogP contribution >= 0.6 is 0 Å². The van der Waals surface area contributed by atoms with E-state index in [4.69, 9.17) is 10.8 Å². The number of carbonyl (C=O) groups excluding carboxylic acids is 4. The summed E-state index contributed by atoms with van der Waals surface area (Å²) in [4.78, 5) is 62.7. The van der Waals surface area contributed by atoms with Crippen molar-refractivity contribution in [2.24, 2.45) is 5.73 Å². The first-order chi connectivity index (χ1) is 12.6. The van der Waals surface area contributed by atoms with Gasteiger partial charge in [0.05, 0.1) is 12.5 Å². The molecule has 1 fully saturated rings. The molecule has 0 aromatic carbocycles. The Labute approximate surface area is 158 Å². The Morgan fingerprint density at radius 3 is 2.37 bits per heavy atom. The molecule has 4 N–H and O–H groups in total. The summed E-state index contributed by atoms with van der Waals surface area (Å²) in [5, 5.41) is 11.4. The van der Waals surface area contributed by atoms with E-state index in [9.17, 15) is 24.0 Å². The van der Waals surface area contributed by atoms with Crippen molar-refractivity contribution >= 4 is 29.6 Å². The lowest BCUT2D eigenvalue weighted by molar-refractivity contribution is -0.156. The van der Waals surface area contributed by atoms with E-state index < -0.39 is 54.7 Å². The molecule has 1 aliphatic heterocycles. The standard InChI is InChI=1S/C17H28N4O6/c1-4-19-15(25)12-6-5-9-20(12)17(27)11(3)21(16(26)10(2)18)13(22)7-8-14(23)24/h10-12H,4-9,18H2,1-3H3,(H,19,25)(H,23,24)/t10-,11-,12-/m0/s1. The zero-order valence-electron chi connectivity index (χ0n) is 15.9. The maximum absolute atomic E-state index is 12.9. The molecule has 1 aliphatic rings. The lowest BCUT2D eigenvalue weighted by Crippen LogP contribution is -2.57. The summed E-state index contributed by atoms with van der Waals surface area (Å²) in [6.45, 7) is 5.30. The number of amides is 4. The summed E-state index contributed by atoms with van der Waals surface area (Å²) in [7, 11) is 0. The van der Waals surface area contributed by atoms with Crippen molar-refractivity contribution in [2.75, 3.05) is 13.1 Å². The molecule has 1 saturated heterocycles. The topological polar surface area (TPSA) is 150 Å². The van der Waals surface area contributed by atoms with Gasteiger partial charge in [0.25, 0.3) is 0 Å². The van der Waals surface area contributed by atoms with Crippen LogP contribution in [0.2, 0.25) is 0 Å². The molecule has 27 heavy (non-hydrogen) atoms. The lowest BCUT2D eigenvalue weighted by atomic mass is 10.1. The smallest absolute Gasteiger partial charge is 0.303 e. The van der Waals surface area contributed by atoms with Gasteiger partial charge in [-0.1, -0.05) is 0 Å². The molecule has 0 aromatic rings. The number of carboxylic acids is 1. The zero-order valence-corrected chi connectivity index (χ0v) is 15.9. The molecule has 0 bridgehead atoms. The highest BCUT2D eigenvalue weighted by Crippen LogP contribution is 2.20. The van der Waals surface area contributed by atoms with Crippen LogP contribution in [0.4, 0.5) is 0 Å².